The van der Waals surface area contributed by atoms with Gasteiger partial charge in [0.1, 0.15) is 0 Å². The quantitative estimate of drug-likeness (QED) is 0.753. The van der Waals surface area contributed by atoms with Gasteiger partial charge < -0.3 is 15.5 Å². The summed E-state index contributed by atoms with van der Waals surface area (Å²) in [5.41, 5.74) is 5.41. The lowest BCUT2D eigenvalue weighted by atomic mass is 10.1. The lowest BCUT2D eigenvalue weighted by Crippen LogP contribution is -2.43. The van der Waals surface area contributed by atoms with Gasteiger partial charge in [-0.2, -0.15) is 0 Å². The van der Waals surface area contributed by atoms with Crippen LogP contribution in [0.25, 0.3) is 0 Å². The monoisotopic (exact) mass is 265 g/mol. The highest BCUT2D eigenvalue weighted by atomic mass is 35.5. The molecule has 6 heteroatoms. The van der Waals surface area contributed by atoms with Crippen LogP contribution >= 0.6 is 12.4 Å². The van der Waals surface area contributed by atoms with E-state index in [0.29, 0.717) is 19.6 Å². The number of carbonyl (C=O) groups is 2. The van der Waals surface area contributed by atoms with Crippen molar-refractivity contribution in [3.63, 3.8) is 0 Å². The number of nitrogens with two attached hydrogens (primary N) is 1. The van der Waals surface area contributed by atoms with E-state index >= 15 is 0 Å². The molecule has 0 aliphatic heterocycles. The summed E-state index contributed by atoms with van der Waals surface area (Å²) >= 11 is 0. The predicted molar refractivity (Wildman–Crippen MR) is 71.0 cm³/mol. The molecule has 2 amide bonds. The molecule has 17 heavy (non-hydrogen) atoms. The van der Waals surface area contributed by atoms with Crippen LogP contribution < -0.4 is 5.73 Å². The minimum absolute atomic E-state index is 0. The van der Waals surface area contributed by atoms with Crippen molar-refractivity contribution in [1.82, 2.24) is 9.80 Å². The van der Waals surface area contributed by atoms with Crippen LogP contribution in [0.2, 0.25) is 0 Å². The van der Waals surface area contributed by atoms with E-state index in [-0.39, 0.29) is 36.7 Å². The van der Waals surface area contributed by atoms with Gasteiger partial charge in [-0.1, -0.05) is 6.92 Å². The fourth-order valence-electron chi connectivity index (χ4n) is 1.43. The van der Waals surface area contributed by atoms with E-state index in [1.807, 2.05) is 13.8 Å². The van der Waals surface area contributed by atoms with Gasteiger partial charge in [-0.3, -0.25) is 9.59 Å². The summed E-state index contributed by atoms with van der Waals surface area (Å²) in [7, 11) is 1.63. The van der Waals surface area contributed by atoms with Crippen LogP contribution in [0, 0.1) is 5.92 Å². The van der Waals surface area contributed by atoms with Crippen LogP contribution in [0.3, 0.4) is 0 Å². The predicted octanol–water partition coefficient (Wildman–Crippen LogP) is 0.330. The Morgan fingerprint density at radius 1 is 1.24 bits per heavy atom. The van der Waals surface area contributed by atoms with Crippen LogP contribution in [0.5, 0.6) is 0 Å². The Balaban J connectivity index is 0. The first-order valence-electron chi connectivity index (χ1n) is 5.70. The summed E-state index contributed by atoms with van der Waals surface area (Å²) in [6.07, 6.45) is 0. The van der Waals surface area contributed by atoms with E-state index in [2.05, 4.69) is 0 Å². The average molecular weight is 266 g/mol. The lowest BCUT2D eigenvalue weighted by molar-refractivity contribution is -0.141. The van der Waals surface area contributed by atoms with Gasteiger partial charge in [0, 0.05) is 32.6 Å². The highest BCUT2D eigenvalue weighted by Gasteiger charge is 2.19. The van der Waals surface area contributed by atoms with E-state index in [1.165, 1.54) is 4.90 Å². The highest BCUT2D eigenvalue weighted by Crippen LogP contribution is 2.00. The Labute approximate surface area is 110 Å². The van der Waals surface area contributed by atoms with Crippen LogP contribution in [0.4, 0.5) is 0 Å². The molecule has 0 heterocycles. The van der Waals surface area contributed by atoms with Gasteiger partial charge in [0.2, 0.25) is 11.8 Å². The molecule has 0 spiro atoms. The van der Waals surface area contributed by atoms with Crippen LogP contribution in [-0.4, -0.2) is 54.8 Å². The maximum Gasteiger partial charge on any atom is 0.242 e. The minimum atomic E-state index is -0.227. The molecular formula is C11H24ClN3O2. The summed E-state index contributed by atoms with van der Waals surface area (Å²) in [6, 6.07) is 0. The molecule has 0 aliphatic rings. The molecule has 0 radical (unpaired) electrons. The minimum Gasteiger partial charge on any atom is -0.342 e. The topological polar surface area (TPSA) is 66.6 Å². The molecule has 0 saturated carbocycles. The van der Waals surface area contributed by atoms with Crippen LogP contribution in [0.15, 0.2) is 0 Å². The van der Waals surface area contributed by atoms with E-state index in [4.69, 9.17) is 5.73 Å². The van der Waals surface area contributed by atoms with Crippen molar-refractivity contribution >= 4 is 24.2 Å². The van der Waals surface area contributed by atoms with E-state index in [1.54, 1.807) is 18.9 Å². The number of halogens is 1. The van der Waals surface area contributed by atoms with Crippen molar-refractivity contribution in [1.29, 1.82) is 0 Å². The number of rotatable bonds is 6. The fraction of sp³-hybridized carbons (Fsp3) is 0.818. The molecule has 1 atom stereocenters. The first kappa shape index (κ1) is 18.6. The number of hydrogen-bond acceptors (Lipinski definition) is 3. The molecule has 0 fully saturated rings. The Kier molecular flexibility index (Phi) is 10.1. The largest absolute Gasteiger partial charge is 0.342 e. The van der Waals surface area contributed by atoms with Gasteiger partial charge in [-0.25, -0.2) is 0 Å². The molecular weight excluding hydrogens is 242 g/mol. The normalized spacial score (nSPS) is 11.4. The summed E-state index contributed by atoms with van der Waals surface area (Å²) < 4.78 is 0. The number of carbonyl (C=O) groups excluding carboxylic acids is 2. The summed E-state index contributed by atoms with van der Waals surface area (Å²) in [4.78, 5) is 26.6. The third-order valence-electron chi connectivity index (χ3n) is 2.64. The molecule has 102 valence electrons. The standard InChI is InChI=1S/C11H23N3O2.ClH/c1-5-14(6-2)10(15)8-13(4)11(16)9(3)7-12;/h9H,5-8,12H2,1-4H3;1H. The van der Waals surface area contributed by atoms with Gasteiger partial charge >= 0.3 is 0 Å². The molecule has 0 aromatic heterocycles. The Morgan fingerprint density at radius 2 is 1.71 bits per heavy atom. The maximum atomic E-state index is 11.7. The third-order valence-corrected chi connectivity index (χ3v) is 2.64. The molecule has 0 bridgehead atoms. The van der Waals surface area contributed by atoms with Gasteiger partial charge in [0.15, 0.2) is 0 Å². The SMILES string of the molecule is CCN(CC)C(=O)CN(C)C(=O)C(C)CN.Cl. The van der Waals surface area contributed by atoms with Crippen molar-refractivity contribution in [3.05, 3.63) is 0 Å². The number of hydrogen-bond donors (Lipinski definition) is 1. The fourth-order valence-corrected chi connectivity index (χ4v) is 1.43. The van der Waals surface area contributed by atoms with Gasteiger partial charge in [-0.15, -0.1) is 12.4 Å². The zero-order chi connectivity index (χ0) is 12.7. The third kappa shape index (κ3) is 5.89. The van der Waals surface area contributed by atoms with Gasteiger partial charge in [0.05, 0.1) is 6.54 Å². The molecule has 1 unspecified atom stereocenters. The van der Waals surface area contributed by atoms with Crippen molar-refractivity contribution in [2.24, 2.45) is 11.7 Å². The molecule has 0 aliphatic carbocycles. The summed E-state index contributed by atoms with van der Waals surface area (Å²) in [5.74, 6) is -0.331. The number of nitrogens with zero attached hydrogens (tertiary/aromatic N) is 2. The van der Waals surface area contributed by atoms with Crippen LogP contribution in [0.1, 0.15) is 20.8 Å². The molecule has 5 nitrogen and oxygen atoms in total. The zero-order valence-corrected chi connectivity index (χ0v) is 11.9. The summed E-state index contributed by atoms with van der Waals surface area (Å²) in [5, 5.41) is 0. The molecule has 0 aromatic rings. The van der Waals surface area contributed by atoms with E-state index < -0.39 is 0 Å². The van der Waals surface area contributed by atoms with Crippen molar-refractivity contribution in [2.75, 3.05) is 33.2 Å². The Hall–Kier alpha value is -0.810. The second-order valence-electron chi connectivity index (χ2n) is 3.90. The van der Waals surface area contributed by atoms with Crippen molar-refractivity contribution < 1.29 is 9.59 Å². The van der Waals surface area contributed by atoms with Gasteiger partial charge in [-0.05, 0) is 13.8 Å². The van der Waals surface area contributed by atoms with Crippen molar-refractivity contribution in [2.45, 2.75) is 20.8 Å². The lowest BCUT2D eigenvalue weighted by Gasteiger charge is -2.24. The first-order chi connectivity index (χ1) is 7.47. The molecule has 0 aromatic carbocycles. The molecule has 0 rings (SSSR count). The number of amides is 2. The van der Waals surface area contributed by atoms with Gasteiger partial charge in [0.25, 0.3) is 0 Å². The van der Waals surface area contributed by atoms with Crippen LogP contribution in [-0.2, 0) is 9.59 Å². The first-order valence-corrected chi connectivity index (χ1v) is 5.70. The van der Waals surface area contributed by atoms with E-state index in [0.717, 1.165) is 0 Å². The Morgan fingerprint density at radius 3 is 2.06 bits per heavy atom. The summed E-state index contributed by atoms with van der Waals surface area (Å²) in [6.45, 7) is 7.39. The molecule has 0 saturated heterocycles. The maximum absolute atomic E-state index is 11.7. The highest BCUT2D eigenvalue weighted by molar-refractivity contribution is 5.86. The average Bonchev–Trinajstić information content (AvgIpc) is 2.28. The van der Waals surface area contributed by atoms with E-state index in [9.17, 15) is 9.59 Å². The Bertz CT molecular complexity index is 245. The molecule has 2 N–H and O–H groups in total. The number of likely N-dealkylation sites (N-methyl/N-ethyl adjacent to an activating group) is 2. The van der Waals surface area contributed by atoms with Crippen molar-refractivity contribution in [3.8, 4) is 0 Å². The zero-order valence-electron chi connectivity index (χ0n) is 11.1. The second kappa shape index (κ2) is 9.24. The second-order valence-corrected chi connectivity index (χ2v) is 3.90. The smallest absolute Gasteiger partial charge is 0.242 e.